The highest BCUT2D eigenvalue weighted by Gasteiger charge is 2.18. The van der Waals surface area contributed by atoms with Crippen LogP contribution in [0.5, 0.6) is 0 Å². The summed E-state index contributed by atoms with van der Waals surface area (Å²) in [7, 11) is 1.86. The number of carbonyl (C=O) groups is 1. The minimum absolute atomic E-state index is 0.246. The van der Waals surface area contributed by atoms with E-state index in [2.05, 4.69) is 15.3 Å². The second kappa shape index (κ2) is 5.48. The van der Waals surface area contributed by atoms with E-state index < -0.39 is 0 Å². The molecule has 1 N–H and O–H groups in total. The number of imidazole rings is 1. The second-order valence-corrected chi connectivity index (χ2v) is 4.99. The van der Waals surface area contributed by atoms with E-state index in [1.54, 1.807) is 6.92 Å². The van der Waals surface area contributed by atoms with Gasteiger partial charge in [-0.1, -0.05) is 30.3 Å². The van der Waals surface area contributed by atoms with Crippen LogP contribution >= 0.6 is 0 Å². The zero-order valence-electron chi connectivity index (χ0n) is 12.6. The van der Waals surface area contributed by atoms with E-state index in [0.29, 0.717) is 11.7 Å². The fraction of sp³-hybridized carbons (Fsp3) is 0.188. The van der Waals surface area contributed by atoms with Crippen LogP contribution in [0.3, 0.4) is 0 Å². The van der Waals surface area contributed by atoms with Gasteiger partial charge in [-0.05, 0) is 6.92 Å². The van der Waals surface area contributed by atoms with E-state index in [0.717, 1.165) is 17.1 Å². The summed E-state index contributed by atoms with van der Waals surface area (Å²) in [5, 5.41) is 2.87. The smallest absolute Gasteiger partial charge is 0.278 e. The summed E-state index contributed by atoms with van der Waals surface area (Å²) in [5.41, 5.74) is 1.92. The first kappa shape index (κ1) is 14.1. The molecule has 0 radical (unpaired) electrons. The lowest BCUT2D eigenvalue weighted by molar-refractivity contribution is 0.102. The highest BCUT2D eigenvalue weighted by Crippen LogP contribution is 2.28. The van der Waals surface area contributed by atoms with Gasteiger partial charge in [0.2, 0.25) is 0 Å². The number of hydrogen-bond acceptors (Lipinski definition) is 4. The average molecular weight is 296 g/mol. The van der Waals surface area contributed by atoms with Crippen LogP contribution in [-0.2, 0) is 7.05 Å². The first-order valence-corrected chi connectivity index (χ1v) is 6.88. The van der Waals surface area contributed by atoms with Crippen LogP contribution in [0.15, 0.2) is 41.0 Å². The lowest BCUT2D eigenvalue weighted by Gasteiger charge is -2.07. The Kier molecular flexibility index (Phi) is 3.50. The standard InChI is InChI=1S/C16H16N4O2/c1-10-17-14(12-7-5-4-6-8-12)15(20(10)3)19-16(21)13-9-22-11(2)18-13/h4-9H,1-3H3,(H,19,21). The molecule has 1 aromatic carbocycles. The predicted octanol–water partition coefficient (Wildman–Crippen LogP) is 2.94. The monoisotopic (exact) mass is 296 g/mol. The maximum Gasteiger partial charge on any atom is 0.278 e. The number of nitrogens with zero attached hydrogens (tertiary/aromatic N) is 3. The third-order valence-electron chi connectivity index (χ3n) is 3.45. The van der Waals surface area contributed by atoms with Gasteiger partial charge in [0.15, 0.2) is 11.6 Å². The van der Waals surface area contributed by atoms with Crippen molar-refractivity contribution in [2.75, 3.05) is 5.32 Å². The van der Waals surface area contributed by atoms with Gasteiger partial charge in [-0.25, -0.2) is 9.97 Å². The van der Waals surface area contributed by atoms with Gasteiger partial charge in [-0.3, -0.25) is 4.79 Å². The predicted molar refractivity (Wildman–Crippen MR) is 82.6 cm³/mol. The number of carbonyl (C=O) groups excluding carboxylic acids is 1. The van der Waals surface area contributed by atoms with Gasteiger partial charge in [0.1, 0.15) is 23.6 Å². The summed E-state index contributed by atoms with van der Waals surface area (Å²) in [6.07, 6.45) is 1.34. The van der Waals surface area contributed by atoms with Crippen LogP contribution in [0.2, 0.25) is 0 Å². The zero-order valence-corrected chi connectivity index (χ0v) is 12.6. The third kappa shape index (κ3) is 2.50. The normalized spacial score (nSPS) is 10.7. The van der Waals surface area contributed by atoms with Crippen LogP contribution in [0.4, 0.5) is 5.82 Å². The number of rotatable bonds is 3. The number of oxazole rings is 1. The maximum absolute atomic E-state index is 12.3. The van der Waals surface area contributed by atoms with Crippen molar-refractivity contribution in [1.82, 2.24) is 14.5 Å². The van der Waals surface area contributed by atoms with Gasteiger partial charge in [0.05, 0.1) is 0 Å². The Morgan fingerprint density at radius 1 is 1.18 bits per heavy atom. The SMILES string of the molecule is Cc1nc(C(=O)Nc2c(-c3ccccc3)nc(C)n2C)co1. The molecule has 0 aliphatic heterocycles. The molecule has 0 unspecified atom stereocenters. The summed E-state index contributed by atoms with van der Waals surface area (Å²) >= 11 is 0. The fourth-order valence-corrected chi connectivity index (χ4v) is 2.19. The quantitative estimate of drug-likeness (QED) is 0.806. The molecule has 0 bridgehead atoms. The fourth-order valence-electron chi connectivity index (χ4n) is 2.19. The molecule has 0 atom stereocenters. The van der Waals surface area contributed by atoms with Crippen LogP contribution in [-0.4, -0.2) is 20.4 Å². The first-order chi connectivity index (χ1) is 10.6. The van der Waals surface area contributed by atoms with Gasteiger partial charge >= 0.3 is 0 Å². The Bertz CT molecular complexity index is 818. The zero-order chi connectivity index (χ0) is 15.7. The molecule has 1 amide bonds. The summed E-state index contributed by atoms with van der Waals surface area (Å²) in [6, 6.07) is 9.73. The van der Waals surface area contributed by atoms with Crippen LogP contribution in [0.25, 0.3) is 11.3 Å². The Hall–Kier alpha value is -2.89. The Morgan fingerprint density at radius 3 is 2.55 bits per heavy atom. The lowest BCUT2D eigenvalue weighted by atomic mass is 10.1. The highest BCUT2D eigenvalue weighted by atomic mass is 16.3. The summed E-state index contributed by atoms with van der Waals surface area (Å²) < 4.78 is 6.92. The highest BCUT2D eigenvalue weighted by molar-refractivity contribution is 6.04. The summed E-state index contributed by atoms with van der Waals surface area (Å²) in [5.74, 6) is 1.58. The second-order valence-electron chi connectivity index (χ2n) is 4.99. The summed E-state index contributed by atoms with van der Waals surface area (Å²) in [6.45, 7) is 3.59. The average Bonchev–Trinajstić information content (AvgIpc) is 3.07. The van der Waals surface area contributed by atoms with E-state index in [4.69, 9.17) is 4.42 Å². The Balaban J connectivity index is 1.98. The van der Waals surface area contributed by atoms with Crippen molar-refractivity contribution in [2.24, 2.45) is 7.05 Å². The van der Waals surface area contributed by atoms with E-state index in [-0.39, 0.29) is 11.6 Å². The van der Waals surface area contributed by atoms with Crippen LogP contribution < -0.4 is 5.32 Å². The van der Waals surface area contributed by atoms with Crippen molar-refractivity contribution in [2.45, 2.75) is 13.8 Å². The van der Waals surface area contributed by atoms with Crippen LogP contribution in [0, 0.1) is 13.8 Å². The van der Waals surface area contributed by atoms with Gasteiger partial charge in [0.25, 0.3) is 5.91 Å². The van der Waals surface area contributed by atoms with Crippen molar-refractivity contribution in [1.29, 1.82) is 0 Å². The van der Waals surface area contributed by atoms with Gasteiger partial charge < -0.3 is 14.3 Å². The topological polar surface area (TPSA) is 73.0 Å². The molecule has 0 saturated heterocycles. The molecule has 112 valence electrons. The number of hydrogen-bond donors (Lipinski definition) is 1. The number of amides is 1. The molecular weight excluding hydrogens is 280 g/mol. The van der Waals surface area contributed by atoms with Gasteiger partial charge in [-0.15, -0.1) is 0 Å². The van der Waals surface area contributed by atoms with Crippen molar-refractivity contribution in [3.8, 4) is 11.3 Å². The van der Waals surface area contributed by atoms with E-state index in [1.807, 2.05) is 48.9 Å². The number of anilines is 1. The molecule has 3 rings (SSSR count). The molecule has 3 aromatic rings. The molecule has 0 fully saturated rings. The maximum atomic E-state index is 12.3. The molecule has 0 aliphatic rings. The number of aryl methyl sites for hydroxylation is 2. The molecule has 6 nitrogen and oxygen atoms in total. The number of aromatic nitrogens is 3. The van der Waals surface area contributed by atoms with E-state index in [9.17, 15) is 4.79 Å². The van der Waals surface area contributed by atoms with Crippen molar-refractivity contribution in [3.05, 3.63) is 54.0 Å². The van der Waals surface area contributed by atoms with E-state index >= 15 is 0 Å². The van der Waals surface area contributed by atoms with Gasteiger partial charge in [0, 0.05) is 19.5 Å². The molecule has 2 aromatic heterocycles. The largest absolute Gasteiger partial charge is 0.448 e. The number of nitrogens with one attached hydrogen (secondary N) is 1. The molecular formula is C16H16N4O2. The first-order valence-electron chi connectivity index (χ1n) is 6.88. The molecule has 22 heavy (non-hydrogen) atoms. The number of benzene rings is 1. The van der Waals surface area contributed by atoms with Crippen molar-refractivity contribution >= 4 is 11.7 Å². The summed E-state index contributed by atoms with van der Waals surface area (Å²) in [4.78, 5) is 20.9. The van der Waals surface area contributed by atoms with Crippen molar-refractivity contribution in [3.63, 3.8) is 0 Å². The molecule has 0 spiro atoms. The van der Waals surface area contributed by atoms with E-state index in [1.165, 1.54) is 6.26 Å². The minimum atomic E-state index is -0.322. The molecule has 0 aliphatic carbocycles. The van der Waals surface area contributed by atoms with Crippen molar-refractivity contribution < 1.29 is 9.21 Å². The lowest BCUT2D eigenvalue weighted by Crippen LogP contribution is -2.15. The Labute approximate surface area is 127 Å². The molecule has 6 heteroatoms. The third-order valence-corrected chi connectivity index (χ3v) is 3.45. The van der Waals surface area contributed by atoms with Gasteiger partial charge in [-0.2, -0.15) is 0 Å². The molecule has 2 heterocycles. The molecule has 0 saturated carbocycles. The minimum Gasteiger partial charge on any atom is -0.448 e. The van der Waals surface area contributed by atoms with Crippen LogP contribution in [0.1, 0.15) is 22.2 Å². The Morgan fingerprint density at radius 2 is 1.91 bits per heavy atom.